The predicted octanol–water partition coefficient (Wildman–Crippen LogP) is 4.42. The number of ether oxygens (including phenoxy) is 1. The summed E-state index contributed by atoms with van der Waals surface area (Å²) < 4.78 is 6.68. The lowest BCUT2D eigenvalue weighted by Crippen LogP contribution is -2.54. The first-order chi connectivity index (χ1) is 19.3. The molecule has 6 rings (SSSR count). The summed E-state index contributed by atoms with van der Waals surface area (Å²) in [4.78, 5) is 43.8. The molecule has 0 aromatic heterocycles. The van der Waals surface area contributed by atoms with Crippen molar-refractivity contribution >= 4 is 40.7 Å². The van der Waals surface area contributed by atoms with E-state index in [-0.39, 0.29) is 11.8 Å². The van der Waals surface area contributed by atoms with Crippen molar-refractivity contribution in [1.29, 1.82) is 0 Å². The van der Waals surface area contributed by atoms with Crippen molar-refractivity contribution < 1.29 is 24.2 Å². The van der Waals surface area contributed by atoms with Gasteiger partial charge in [0.2, 0.25) is 17.7 Å². The molecule has 6 atom stereocenters. The van der Waals surface area contributed by atoms with Crippen molar-refractivity contribution in [3.05, 3.63) is 95.5 Å². The number of hydrogen-bond acceptors (Lipinski definition) is 5. The average Bonchev–Trinajstić information content (AvgIpc) is 3.52. The van der Waals surface area contributed by atoms with Gasteiger partial charge in [-0.15, -0.1) is 0 Å². The highest BCUT2D eigenvalue weighted by Crippen LogP contribution is 2.64. The van der Waals surface area contributed by atoms with Crippen molar-refractivity contribution in [2.75, 3.05) is 17.2 Å². The molecule has 3 heterocycles. The molecule has 8 nitrogen and oxygen atoms in total. The van der Waals surface area contributed by atoms with E-state index in [1.807, 2.05) is 55.5 Å². The van der Waals surface area contributed by atoms with Gasteiger partial charge in [-0.2, -0.15) is 0 Å². The standard InChI is InChI=1S/C31H30ClN3O5/c1-30-16-17-31(40-30)25(24(30)27(37)33-20-12-6-3-7-13-20)29(39)35(23(18-36)19-10-4-2-5-11-19)26(31)28(38)34-22-15-9-8-14-21(22)32/h2-15,23-26,36H,16-18H2,1H3,(H,33,37)(H,34,38)/t23-,24-,25+,26?,30+,31?/m1/s1. The Labute approximate surface area is 237 Å². The molecule has 0 saturated carbocycles. The fourth-order valence-corrected chi connectivity index (χ4v) is 7.12. The van der Waals surface area contributed by atoms with Gasteiger partial charge in [0.15, 0.2) is 0 Å². The third-order valence-corrected chi connectivity index (χ3v) is 8.94. The normalized spacial score (nSPS) is 29.2. The van der Waals surface area contributed by atoms with Gasteiger partial charge in [0.1, 0.15) is 11.6 Å². The number of nitrogens with zero attached hydrogens (tertiary/aromatic N) is 1. The van der Waals surface area contributed by atoms with Crippen LogP contribution in [0.25, 0.3) is 0 Å². The Morgan fingerprint density at radius 2 is 1.62 bits per heavy atom. The van der Waals surface area contributed by atoms with Crippen molar-refractivity contribution in [2.24, 2.45) is 11.8 Å². The number of carbonyl (C=O) groups excluding carboxylic acids is 3. The molecule has 206 valence electrons. The highest BCUT2D eigenvalue weighted by Gasteiger charge is 2.78. The molecule has 0 aliphatic carbocycles. The molecule has 0 radical (unpaired) electrons. The van der Waals surface area contributed by atoms with Gasteiger partial charge < -0.3 is 25.4 Å². The zero-order valence-electron chi connectivity index (χ0n) is 21.9. The molecular weight excluding hydrogens is 530 g/mol. The Kier molecular flexibility index (Phi) is 6.65. The molecule has 3 N–H and O–H groups in total. The number of rotatable bonds is 7. The lowest BCUT2D eigenvalue weighted by Gasteiger charge is -2.37. The van der Waals surface area contributed by atoms with Crippen LogP contribution >= 0.6 is 11.6 Å². The van der Waals surface area contributed by atoms with Gasteiger partial charge in [-0.25, -0.2) is 0 Å². The van der Waals surface area contributed by atoms with Gasteiger partial charge in [0.05, 0.1) is 40.8 Å². The van der Waals surface area contributed by atoms with Gasteiger partial charge in [-0.3, -0.25) is 14.4 Å². The molecule has 3 fully saturated rings. The van der Waals surface area contributed by atoms with Crippen molar-refractivity contribution in [3.8, 4) is 0 Å². The number of para-hydroxylation sites is 2. The van der Waals surface area contributed by atoms with Crippen molar-refractivity contribution in [2.45, 2.75) is 43.1 Å². The number of carbonyl (C=O) groups is 3. The summed E-state index contributed by atoms with van der Waals surface area (Å²) >= 11 is 6.36. The van der Waals surface area contributed by atoms with Crippen LogP contribution in [0.2, 0.25) is 5.02 Å². The maximum Gasteiger partial charge on any atom is 0.250 e. The van der Waals surface area contributed by atoms with E-state index in [4.69, 9.17) is 16.3 Å². The van der Waals surface area contributed by atoms with E-state index in [2.05, 4.69) is 10.6 Å². The van der Waals surface area contributed by atoms with E-state index in [9.17, 15) is 19.5 Å². The number of benzene rings is 3. The van der Waals surface area contributed by atoms with Gasteiger partial charge >= 0.3 is 0 Å². The van der Waals surface area contributed by atoms with Crippen LogP contribution in [0.1, 0.15) is 31.4 Å². The molecule has 3 aromatic carbocycles. The summed E-state index contributed by atoms with van der Waals surface area (Å²) in [5, 5.41) is 16.8. The number of aliphatic hydroxyl groups is 1. The smallest absolute Gasteiger partial charge is 0.250 e. The van der Waals surface area contributed by atoms with Crippen molar-refractivity contribution in [3.63, 3.8) is 0 Å². The first-order valence-corrected chi connectivity index (χ1v) is 13.8. The van der Waals surface area contributed by atoms with Crippen LogP contribution in [0.3, 0.4) is 0 Å². The SMILES string of the molecule is C[C@@]12CCC3(O1)C(C(=O)Nc1ccccc1Cl)N([C@H](CO)c1ccccc1)C(=O)[C@@H]3[C@@H]2C(=O)Nc1ccccc1. The molecule has 1 spiro atoms. The fourth-order valence-electron chi connectivity index (χ4n) is 6.93. The summed E-state index contributed by atoms with van der Waals surface area (Å²) in [5.41, 5.74) is -0.496. The van der Waals surface area contributed by atoms with E-state index < -0.39 is 47.6 Å². The molecule has 3 aromatic rings. The van der Waals surface area contributed by atoms with E-state index in [0.29, 0.717) is 34.8 Å². The molecular formula is C31H30ClN3O5. The van der Waals surface area contributed by atoms with Gasteiger partial charge in [0, 0.05) is 5.69 Å². The number of nitrogens with one attached hydrogen (secondary N) is 2. The topological polar surface area (TPSA) is 108 Å². The number of anilines is 2. The molecule has 3 saturated heterocycles. The first-order valence-electron chi connectivity index (χ1n) is 13.4. The second-order valence-corrected chi connectivity index (χ2v) is 11.3. The van der Waals surface area contributed by atoms with Gasteiger partial charge in [0.25, 0.3) is 0 Å². The molecule has 2 unspecified atom stereocenters. The minimum atomic E-state index is -1.25. The fraction of sp³-hybridized carbons (Fsp3) is 0.323. The number of halogens is 1. The minimum Gasteiger partial charge on any atom is -0.394 e. The summed E-state index contributed by atoms with van der Waals surface area (Å²) in [6, 6.07) is 23.1. The highest BCUT2D eigenvalue weighted by atomic mass is 35.5. The zero-order valence-corrected chi connectivity index (χ0v) is 22.7. The lowest BCUT2D eigenvalue weighted by molar-refractivity contribution is -0.147. The summed E-state index contributed by atoms with van der Waals surface area (Å²) in [6.07, 6.45) is 0.918. The summed E-state index contributed by atoms with van der Waals surface area (Å²) in [5.74, 6) is -2.94. The van der Waals surface area contributed by atoms with Crippen LogP contribution in [-0.2, 0) is 19.1 Å². The van der Waals surface area contributed by atoms with Crippen LogP contribution in [0.15, 0.2) is 84.9 Å². The van der Waals surface area contributed by atoms with Gasteiger partial charge in [-0.05, 0) is 49.6 Å². The van der Waals surface area contributed by atoms with E-state index in [1.165, 1.54) is 4.90 Å². The quantitative estimate of drug-likeness (QED) is 0.397. The maximum absolute atomic E-state index is 14.4. The zero-order chi connectivity index (χ0) is 28.1. The number of likely N-dealkylation sites (tertiary alicyclic amines) is 1. The first kappa shape index (κ1) is 26.5. The summed E-state index contributed by atoms with van der Waals surface area (Å²) in [6.45, 7) is 1.43. The van der Waals surface area contributed by atoms with E-state index in [1.54, 1.807) is 36.4 Å². The molecule has 9 heteroatoms. The molecule has 2 bridgehead atoms. The Hall–Kier alpha value is -3.72. The Morgan fingerprint density at radius 1 is 0.975 bits per heavy atom. The highest BCUT2D eigenvalue weighted by molar-refractivity contribution is 6.33. The third kappa shape index (κ3) is 4.10. The average molecular weight is 560 g/mol. The second kappa shape index (κ2) is 10.0. The number of fused-ring (bicyclic) bond motifs is 1. The number of hydrogen-bond donors (Lipinski definition) is 3. The van der Waals surface area contributed by atoms with Crippen LogP contribution in [-0.4, -0.2) is 51.6 Å². The number of amides is 3. The maximum atomic E-state index is 14.4. The molecule has 3 aliphatic rings. The van der Waals surface area contributed by atoms with E-state index in [0.717, 1.165) is 0 Å². The molecule has 40 heavy (non-hydrogen) atoms. The summed E-state index contributed by atoms with van der Waals surface area (Å²) in [7, 11) is 0. The Morgan fingerprint density at radius 3 is 2.30 bits per heavy atom. The third-order valence-electron chi connectivity index (χ3n) is 8.61. The molecule has 3 amide bonds. The monoisotopic (exact) mass is 559 g/mol. The lowest BCUT2D eigenvalue weighted by atomic mass is 9.66. The van der Waals surface area contributed by atoms with Crippen LogP contribution in [0.4, 0.5) is 11.4 Å². The minimum absolute atomic E-state index is 0.332. The van der Waals surface area contributed by atoms with Crippen LogP contribution in [0, 0.1) is 11.8 Å². The van der Waals surface area contributed by atoms with Crippen LogP contribution in [0.5, 0.6) is 0 Å². The Balaban J connectivity index is 1.43. The van der Waals surface area contributed by atoms with Gasteiger partial charge in [-0.1, -0.05) is 72.3 Å². The largest absolute Gasteiger partial charge is 0.394 e. The number of aliphatic hydroxyl groups excluding tert-OH is 1. The van der Waals surface area contributed by atoms with Crippen LogP contribution < -0.4 is 10.6 Å². The van der Waals surface area contributed by atoms with Crippen molar-refractivity contribution in [1.82, 2.24) is 4.90 Å². The molecule has 3 aliphatic heterocycles. The predicted molar refractivity (Wildman–Crippen MR) is 150 cm³/mol. The second-order valence-electron chi connectivity index (χ2n) is 10.9. The Bertz CT molecular complexity index is 1450. The van der Waals surface area contributed by atoms with E-state index >= 15 is 0 Å².